The summed E-state index contributed by atoms with van der Waals surface area (Å²) in [4.78, 5) is 12.7. The van der Waals surface area contributed by atoms with E-state index in [9.17, 15) is 4.79 Å². The zero-order valence-electron chi connectivity index (χ0n) is 11.8. The van der Waals surface area contributed by atoms with Crippen LogP contribution >= 0.6 is 11.6 Å². The summed E-state index contributed by atoms with van der Waals surface area (Å²) in [5.74, 6) is 0.0329. The van der Waals surface area contributed by atoms with Crippen LogP contribution in [-0.2, 0) is 6.42 Å². The van der Waals surface area contributed by atoms with E-state index in [0.29, 0.717) is 16.1 Å². The summed E-state index contributed by atoms with van der Waals surface area (Å²) < 4.78 is 0. The molecule has 0 bridgehead atoms. The molecule has 0 unspecified atom stereocenters. The van der Waals surface area contributed by atoms with Crippen molar-refractivity contribution >= 4 is 28.2 Å². The summed E-state index contributed by atoms with van der Waals surface area (Å²) in [7, 11) is 0. The van der Waals surface area contributed by atoms with E-state index in [2.05, 4.69) is 6.92 Å². The van der Waals surface area contributed by atoms with E-state index >= 15 is 0 Å². The van der Waals surface area contributed by atoms with E-state index in [1.807, 2.05) is 48.5 Å². The van der Waals surface area contributed by atoms with Gasteiger partial charge in [-0.15, -0.1) is 0 Å². The molecule has 0 saturated heterocycles. The maximum atomic E-state index is 12.7. The van der Waals surface area contributed by atoms with Crippen molar-refractivity contribution in [2.75, 3.05) is 0 Å². The first-order valence-corrected chi connectivity index (χ1v) is 7.39. The Kier molecular flexibility index (Phi) is 3.76. The first kappa shape index (κ1) is 13.8. The van der Waals surface area contributed by atoms with Gasteiger partial charge in [0.05, 0.1) is 0 Å². The van der Waals surface area contributed by atoms with Crippen LogP contribution in [0.3, 0.4) is 0 Å². The first-order chi connectivity index (χ1) is 10.2. The van der Waals surface area contributed by atoms with Crippen LogP contribution in [0, 0.1) is 0 Å². The smallest absolute Gasteiger partial charge is 0.193 e. The molecule has 0 N–H and O–H groups in total. The van der Waals surface area contributed by atoms with Crippen LogP contribution in [0.1, 0.15) is 28.4 Å². The Morgan fingerprint density at radius 3 is 2.24 bits per heavy atom. The van der Waals surface area contributed by atoms with Gasteiger partial charge in [-0.3, -0.25) is 4.79 Å². The molecule has 0 atom stereocenters. The Bertz CT molecular complexity index is 803. The van der Waals surface area contributed by atoms with Gasteiger partial charge in [0.1, 0.15) is 0 Å². The molecule has 3 aromatic carbocycles. The zero-order chi connectivity index (χ0) is 14.8. The van der Waals surface area contributed by atoms with E-state index in [1.165, 1.54) is 5.56 Å². The van der Waals surface area contributed by atoms with Gasteiger partial charge in [-0.1, -0.05) is 67.1 Å². The van der Waals surface area contributed by atoms with E-state index in [-0.39, 0.29) is 5.78 Å². The maximum absolute atomic E-state index is 12.7. The minimum atomic E-state index is 0.0329. The quantitative estimate of drug-likeness (QED) is 0.600. The van der Waals surface area contributed by atoms with Gasteiger partial charge in [-0.05, 0) is 29.5 Å². The highest BCUT2D eigenvalue weighted by atomic mass is 35.5. The van der Waals surface area contributed by atoms with Crippen LogP contribution in [0.15, 0.2) is 60.7 Å². The summed E-state index contributed by atoms with van der Waals surface area (Å²) >= 11 is 6.21. The zero-order valence-corrected chi connectivity index (χ0v) is 12.5. The monoisotopic (exact) mass is 294 g/mol. The van der Waals surface area contributed by atoms with E-state index < -0.39 is 0 Å². The summed E-state index contributed by atoms with van der Waals surface area (Å²) in [6.45, 7) is 2.10. The fourth-order valence-corrected chi connectivity index (χ4v) is 2.74. The molecule has 0 radical (unpaired) electrons. The lowest BCUT2D eigenvalue weighted by atomic mass is 9.96. The number of benzene rings is 3. The van der Waals surface area contributed by atoms with Crippen LogP contribution in [0.5, 0.6) is 0 Å². The fraction of sp³-hybridized carbons (Fsp3) is 0.105. The molecule has 0 aliphatic rings. The molecule has 0 heterocycles. The summed E-state index contributed by atoms with van der Waals surface area (Å²) in [6.07, 6.45) is 0.971. The van der Waals surface area contributed by atoms with Crippen LogP contribution in [0.4, 0.5) is 0 Å². The number of ketones is 1. The molecule has 0 aliphatic heterocycles. The van der Waals surface area contributed by atoms with Crippen molar-refractivity contribution in [1.29, 1.82) is 0 Å². The molecular formula is C19H15ClO. The molecule has 3 aromatic rings. The number of aryl methyl sites for hydroxylation is 1. The Balaban J connectivity index is 2.11. The predicted octanol–water partition coefficient (Wildman–Crippen LogP) is 5.29. The number of hydrogen-bond donors (Lipinski definition) is 0. The van der Waals surface area contributed by atoms with Gasteiger partial charge in [-0.2, -0.15) is 0 Å². The van der Waals surface area contributed by atoms with Gasteiger partial charge in [0.25, 0.3) is 0 Å². The minimum absolute atomic E-state index is 0.0329. The molecule has 3 rings (SSSR count). The van der Waals surface area contributed by atoms with Crippen LogP contribution in [-0.4, -0.2) is 5.78 Å². The number of carbonyl (C=O) groups is 1. The van der Waals surface area contributed by atoms with Crippen molar-refractivity contribution in [3.8, 4) is 0 Å². The van der Waals surface area contributed by atoms with Crippen LogP contribution in [0.2, 0.25) is 5.02 Å². The normalized spacial score (nSPS) is 10.8. The third-order valence-corrected chi connectivity index (χ3v) is 4.07. The fourth-order valence-electron chi connectivity index (χ4n) is 2.51. The van der Waals surface area contributed by atoms with Crippen molar-refractivity contribution in [2.24, 2.45) is 0 Å². The standard InChI is InChI=1S/C19H15ClO/c1-2-13-7-9-14(10-8-13)19(21)17-11-12-18(20)16-6-4-3-5-15(16)17/h3-12H,2H2,1H3. The van der Waals surface area contributed by atoms with E-state index in [4.69, 9.17) is 11.6 Å². The summed E-state index contributed by atoms with van der Waals surface area (Å²) in [5.41, 5.74) is 2.63. The maximum Gasteiger partial charge on any atom is 0.193 e. The highest BCUT2D eigenvalue weighted by Crippen LogP contribution is 2.28. The van der Waals surface area contributed by atoms with E-state index in [1.54, 1.807) is 12.1 Å². The van der Waals surface area contributed by atoms with Gasteiger partial charge >= 0.3 is 0 Å². The molecule has 1 nitrogen and oxygen atoms in total. The van der Waals surface area contributed by atoms with Crippen molar-refractivity contribution in [2.45, 2.75) is 13.3 Å². The summed E-state index contributed by atoms with van der Waals surface area (Å²) in [5, 5.41) is 2.48. The van der Waals surface area contributed by atoms with Crippen LogP contribution < -0.4 is 0 Å². The number of carbonyl (C=O) groups excluding carboxylic acids is 1. The molecule has 0 amide bonds. The topological polar surface area (TPSA) is 17.1 Å². The van der Waals surface area contributed by atoms with Gasteiger partial charge < -0.3 is 0 Å². The van der Waals surface area contributed by atoms with Gasteiger partial charge in [-0.25, -0.2) is 0 Å². The number of halogens is 1. The highest BCUT2D eigenvalue weighted by Gasteiger charge is 2.13. The Hall–Kier alpha value is -2.12. The Morgan fingerprint density at radius 1 is 0.905 bits per heavy atom. The third kappa shape index (κ3) is 2.57. The largest absolute Gasteiger partial charge is 0.289 e. The third-order valence-electron chi connectivity index (χ3n) is 3.74. The first-order valence-electron chi connectivity index (χ1n) is 7.01. The molecule has 21 heavy (non-hydrogen) atoms. The number of hydrogen-bond acceptors (Lipinski definition) is 1. The highest BCUT2D eigenvalue weighted by molar-refractivity contribution is 6.36. The second kappa shape index (κ2) is 5.71. The van der Waals surface area contributed by atoms with Gasteiger partial charge in [0.15, 0.2) is 5.78 Å². The molecule has 0 saturated carbocycles. The molecule has 0 aliphatic carbocycles. The minimum Gasteiger partial charge on any atom is -0.289 e. The van der Waals surface area contributed by atoms with E-state index in [0.717, 1.165) is 17.2 Å². The van der Waals surface area contributed by atoms with Crippen molar-refractivity contribution in [3.63, 3.8) is 0 Å². The average Bonchev–Trinajstić information content (AvgIpc) is 2.55. The molecule has 2 heteroatoms. The molecule has 0 aromatic heterocycles. The van der Waals surface area contributed by atoms with Gasteiger partial charge in [0.2, 0.25) is 0 Å². The Morgan fingerprint density at radius 2 is 1.57 bits per heavy atom. The number of rotatable bonds is 3. The van der Waals surface area contributed by atoms with Crippen molar-refractivity contribution in [1.82, 2.24) is 0 Å². The molecule has 0 fully saturated rings. The lowest BCUT2D eigenvalue weighted by Gasteiger charge is -2.08. The second-order valence-corrected chi connectivity index (χ2v) is 5.43. The second-order valence-electron chi connectivity index (χ2n) is 5.02. The Labute approximate surface area is 129 Å². The lowest BCUT2D eigenvalue weighted by Crippen LogP contribution is -2.02. The van der Waals surface area contributed by atoms with Crippen LogP contribution in [0.25, 0.3) is 10.8 Å². The summed E-state index contributed by atoms with van der Waals surface area (Å²) in [6, 6.07) is 19.1. The van der Waals surface area contributed by atoms with Crippen molar-refractivity contribution in [3.05, 3.63) is 82.4 Å². The predicted molar refractivity (Wildman–Crippen MR) is 88.2 cm³/mol. The molecule has 104 valence electrons. The average molecular weight is 295 g/mol. The van der Waals surface area contributed by atoms with Crippen molar-refractivity contribution < 1.29 is 4.79 Å². The molecular weight excluding hydrogens is 280 g/mol. The SMILES string of the molecule is CCc1ccc(C(=O)c2ccc(Cl)c3ccccc23)cc1. The van der Waals surface area contributed by atoms with Gasteiger partial charge in [0, 0.05) is 21.5 Å². The lowest BCUT2D eigenvalue weighted by molar-refractivity contribution is 0.104. The molecule has 0 spiro atoms. The number of fused-ring (bicyclic) bond motifs is 1.